The number of nitrogen functional groups attached to an aromatic ring is 1. The Labute approximate surface area is 171 Å². The van der Waals surface area contributed by atoms with Crippen LogP contribution in [0.15, 0.2) is 35.1 Å². The van der Waals surface area contributed by atoms with Crippen LogP contribution in [-0.2, 0) is 6.42 Å². The summed E-state index contributed by atoms with van der Waals surface area (Å²) < 4.78 is 21.8. The predicted molar refractivity (Wildman–Crippen MR) is 111 cm³/mol. The van der Waals surface area contributed by atoms with Crippen LogP contribution in [0.3, 0.4) is 0 Å². The van der Waals surface area contributed by atoms with Gasteiger partial charge in [-0.15, -0.1) is 0 Å². The molecular weight excluding hydrogens is 387 g/mol. The van der Waals surface area contributed by atoms with Crippen molar-refractivity contribution in [1.82, 2.24) is 24.9 Å². The lowest BCUT2D eigenvalue weighted by Crippen LogP contribution is -2.12. The molecule has 1 fully saturated rings. The number of nitrogens with two attached hydrogens (primary N) is 1. The molecular formula is C20H21FN8O. The molecule has 1 aromatic carbocycles. The second-order valence-electron chi connectivity index (χ2n) is 7.24. The average molecular weight is 408 g/mol. The Hall–Kier alpha value is -3.69. The van der Waals surface area contributed by atoms with Crippen molar-refractivity contribution in [3.63, 3.8) is 0 Å². The summed E-state index contributed by atoms with van der Waals surface area (Å²) >= 11 is 0. The number of fused-ring (bicyclic) bond motifs is 1. The van der Waals surface area contributed by atoms with Crippen LogP contribution in [0.2, 0.25) is 0 Å². The van der Waals surface area contributed by atoms with E-state index in [1.54, 1.807) is 12.1 Å². The maximum absolute atomic E-state index is 14.8. The Kier molecular flexibility index (Phi) is 4.46. The summed E-state index contributed by atoms with van der Waals surface area (Å²) in [5.74, 6) is 0.474. The van der Waals surface area contributed by atoms with Gasteiger partial charge in [0.15, 0.2) is 5.65 Å². The fourth-order valence-corrected chi connectivity index (χ4v) is 3.37. The molecule has 1 saturated carbocycles. The second kappa shape index (κ2) is 7.29. The van der Waals surface area contributed by atoms with Gasteiger partial charge in [0, 0.05) is 11.6 Å². The third kappa shape index (κ3) is 3.30. The van der Waals surface area contributed by atoms with Gasteiger partial charge in [-0.3, -0.25) is 0 Å². The fraction of sp³-hybridized carbons (Fsp3) is 0.300. The number of anilines is 3. The first-order chi connectivity index (χ1) is 14.6. The molecule has 1 aliphatic rings. The third-order valence-electron chi connectivity index (χ3n) is 5.12. The molecule has 0 bridgehead atoms. The number of halogens is 1. The molecule has 4 N–H and O–H groups in total. The van der Waals surface area contributed by atoms with Crippen LogP contribution < -0.4 is 16.4 Å². The van der Waals surface area contributed by atoms with E-state index >= 15 is 0 Å². The van der Waals surface area contributed by atoms with Crippen LogP contribution in [0.1, 0.15) is 31.5 Å². The first kappa shape index (κ1) is 18.3. The number of nitrogens with one attached hydrogen (secondary N) is 2. The largest absolute Gasteiger partial charge is 0.383 e. The fourth-order valence-electron chi connectivity index (χ4n) is 3.37. The molecule has 0 saturated heterocycles. The summed E-state index contributed by atoms with van der Waals surface area (Å²) in [4.78, 5) is 8.44. The van der Waals surface area contributed by atoms with Crippen LogP contribution in [-0.4, -0.2) is 31.6 Å². The number of aromatic nitrogens is 5. The molecule has 4 aromatic rings. The maximum Gasteiger partial charge on any atom is 0.226 e. The van der Waals surface area contributed by atoms with Crippen molar-refractivity contribution in [2.45, 2.75) is 32.2 Å². The Morgan fingerprint density at radius 2 is 2.10 bits per heavy atom. The average Bonchev–Trinajstić information content (AvgIpc) is 3.35. The number of hydrogen-bond donors (Lipinski definition) is 3. The summed E-state index contributed by atoms with van der Waals surface area (Å²) in [6.07, 6.45) is 4.32. The van der Waals surface area contributed by atoms with Crippen molar-refractivity contribution in [3.05, 3.63) is 42.1 Å². The number of rotatable bonds is 7. The topological polar surface area (TPSA) is 120 Å². The van der Waals surface area contributed by atoms with Gasteiger partial charge in [-0.05, 0) is 31.4 Å². The Balaban J connectivity index is 1.38. The maximum atomic E-state index is 14.8. The van der Waals surface area contributed by atoms with Crippen molar-refractivity contribution in [1.29, 1.82) is 0 Å². The molecule has 0 radical (unpaired) electrons. The summed E-state index contributed by atoms with van der Waals surface area (Å²) in [5.41, 5.74) is 9.21. The molecule has 0 unspecified atom stereocenters. The molecule has 30 heavy (non-hydrogen) atoms. The minimum absolute atomic E-state index is 0.286. The number of nitrogens with zero attached hydrogens (tertiary/aromatic N) is 5. The van der Waals surface area contributed by atoms with Gasteiger partial charge in [0.1, 0.15) is 23.7 Å². The molecule has 3 aromatic heterocycles. The normalized spacial score (nSPS) is 13.7. The Morgan fingerprint density at radius 1 is 1.23 bits per heavy atom. The second-order valence-corrected chi connectivity index (χ2v) is 7.24. The van der Waals surface area contributed by atoms with Gasteiger partial charge in [0.2, 0.25) is 5.88 Å². The van der Waals surface area contributed by atoms with Crippen molar-refractivity contribution in [3.8, 4) is 11.3 Å². The number of benzene rings is 1. The SMILES string of the molecule is CCc1cc(NCNc2ccc(-c3nn(C4CC4)c4ncnc(N)c34)cc2F)on1. The van der Waals surface area contributed by atoms with E-state index in [4.69, 9.17) is 10.3 Å². The van der Waals surface area contributed by atoms with E-state index in [2.05, 4.69) is 30.9 Å². The van der Waals surface area contributed by atoms with E-state index in [0.717, 1.165) is 25.0 Å². The van der Waals surface area contributed by atoms with Gasteiger partial charge in [-0.25, -0.2) is 19.0 Å². The molecule has 154 valence electrons. The molecule has 1 aliphatic carbocycles. The lowest BCUT2D eigenvalue weighted by Gasteiger charge is -2.09. The zero-order valence-electron chi connectivity index (χ0n) is 16.4. The number of aryl methyl sites for hydroxylation is 1. The lowest BCUT2D eigenvalue weighted by atomic mass is 10.1. The molecule has 3 heterocycles. The van der Waals surface area contributed by atoms with Gasteiger partial charge in [-0.1, -0.05) is 18.1 Å². The zero-order chi connectivity index (χ0) is 20.7. The van der Waals surface area contributed by atoms with E-state index in [1.807, 2.05) is 17.7 Å². The van der Waals surface area contributed by atoms with Gasteiger partial charge in [0.05, 0.1) is 29.5 Å². The van der Waals surface area contributed by atoms with Crippen LogP contribution >= 0.6 is 0 Å². The first-order valence-corrected chi connectivity index (χ1v) is 9.86. The summed E-state index contributed by atoms with van der Waals surface area (Å²) in [5, 5.41) is 15.3. The van der Waals surface area contributed by atoms with Gasteiger partial charge >= 0.3 is 0 Å². The minimum atomic E-state index is -0.398. The molecule has 10 heteroatoms. The quantitative estimate of drug-likeness (QED) is 0.397. The van der Waals surface area contributed by atoms with E-state index in [-0.39, 0.29) is 6.67 Å². The van der Waals surface area contributed by atoms with Gasteiger partial charge < -0.3 is 20.9 Å². The number of hydrogen-bond acceptors (Lipinski definition) is 8. The van der Waals surface area contributed by atoms with Gasteiger partial charge in [-0.2, -0.15) is 5.10 Å². The standard InChI is InChI=1S/C20H21FN8O/c1-2-12-8-16(30-28-12)24-9-23-15-6-3-11(7-14(15)21)18-17-19(22)25-10-26-20(17)29(27-18)13-4-5-13/h3,6-8,10,13,23-24H,2,4-5,9H2,1H3,(H2,22,25,26). The van der Waals surface area contributed by atoms with Crippen LogP contribution in [0.5, 0.6) is 0 Å². The van der Waals surface area contributed by atoms with Gasteiger partial charge in [0.25, 0.3) is 0 Å². The van der Waals surface area contributed by atoms with Crippen molar-refractivity contribution in [2.24, 2.45) is 0 Å². The highest BCUT2D eigenvalue weighted by Gasteiger charge is 2.29. The summed E-state index contributed by atoms with van der Waals surface area (Å²) in [6.45, 7) is 2.28. The Morgan fingerprint density at radius 3 is 2.83 bits per heavy atom. The molecule has 9 nitrogen and oxygen atoms in total. The first-order valence-electron chi connectivity index (χ1n) is 9.86. The summed E-state index contributed by atoms with van der Waals surface area (Å²) in [6, 6.07) is 7.05. The molecule has 0 aliphatic heterocycles. The third-order valence-corrected chi connectivity index (χ3v) is 5.12. The van der Waals surface area contributed by atoms with Crippen molar-refractivity contribution >= 4 is 28.4 Å². The van der Waals surface area contributed by atoms with Crippen molar-refractivity contribution in [2.75, 3.05) is 23.0 Å². The predicted octanol–water partition coefficient (Wildman–Crippen LogP) is 3.58. The molecule has 5 rings (SSSR count). The van der Waals surface area contributed by atoms with E-state index in [0.29, 0.717) is 45.7 Å². The minimum Gasteiger partial charge on any atom is -0.383 e. The van der Waals surface area contributed by atoms with Crippen LogP contribution in [0, 0.1) is 5.82 Å². The molecule has 0 amide bonds. The smallest absolute Gasteiger partial charge is 0.226 e. The highest BCUT2D eigenvalue weighted by Crippen LogP contribution is 2.40. The van der Waals surface area contributed by atoms with E-state index in [9.17, 15) is 4.39 Å². The lowest BCUT2D eigenvalue weighted by molar-refractivity contribution is 0.425. The Bertz CT molecular complexity index is 1210. The molecule has 0 atom stereocenters. The van der Waals surface area contributed by atoms with E-state index < -0.39 is 5.82 Å². The van der Waals surface area contributed by atoms with Crippen molar-refractivity contribution < 1.29 is 8.91 Å². The highest BCUT2D eigenvalue weighted by atomic mass is 19.1. The van der Waals surface area contributed by atoms with E-state index in [1.165, 1.54) is 12.4 Å². The summed E-state index contributed by atoms with van der Waals surface area (Å²) in [7, 11) is 0. The van der Waals surface area contributed by atoms with Crippen LogP contribution in [0.25, 0.3) is 22.3 Å². The zero-order valence-corrected chi connectivity index (χ0v) is 16.4. The molecule has 0 spiro atoms. The highest BCUT2D eigenvalue weighted by molar-refractivity contribution is 5.98. The monoisotopic (exact) mass is 408 g/mol. The van der Waals surface area contributed by atoms with Crippen LogP contribution in [0.4, 0.5) is 21.8 Å².